The van der Waals surface area contributed by atoms with E-state index in [1.165, 1.54) is 0 Å². The Morgan fingerprint density at radius 2 is 0.806 bits per heavy atom. The van der Waals surface area contributed by atoms with Crippen molar-refractivity contribution < 1.29 is 67.9 Å². The van der Waals surface area contributed by atoms with Gasteiger partial charge in [-0.3, -0.25) is 27.9 Å². The fourth-order valence-electron chi connectivity index (χ4n) is 1.92. The highest BCUT2D eigenvalue weighted by molar-refractivity contribution is 7.68. The predicted molar refractivity (Wildman–Crippen MR) is 130 cm³/mol. The molecule has 0 aliphatic heterocycles. The van der Waals surface area contributed by atoms with Crippen LogP contribution in [0.25, 0.3) is 0 Å². The molecule has 0 heterocycles. The van der Waals surface area contributed by atoms with Crippen molar-refractivity contribution in [2.75, 3.05) is 26.4 Å². The standard InChI is InChI=1S/C16H37O15P5/c1-5-9-13-24-35(22,25-14-10-6-2)30-33(18,19)28-32(17)29-34(20,21)31-36(23,26-15-11-7-3)27-16-12-8-4/h5-16H2,1-4H3,(H-,18,19,20,21)/p+1. The molecule has 0 saturated carbocycles. The molecule has 2 N–H and O–H groups in total. The van der Waals surface area contributed by atoms with Gasteiger partial charge in [0.2, 0.25) is 0 Å². The third-order valence-electron chi connectivity index (χ3n) is 3.74. The van der Waals surface area contributed by atoms with E-state index in [1.54, 1.807) is 0 Å². The highest BCUT2D eigenvalue weighted by atomic mass is 31.3. The molecular formula is C16H38O15P5+. The summed E-state index contributed by atoms with van der Waals surface area (Å²) in [6.07, 6.45) is 4.25. The summed E-state index contributed by atoms with van der Waals surface area (Å²) in [6.45, 7) is 6.67. The van der Waals surface area contributed by atoms with Crippen LogP contribution in [0.3, 0.4) is 0 Å². The molecular weight excluding hydrogens is 587 g/mol. The van der Waals surface area contributed by atoms with Crippen LogP contribution < -0.4 is 0 Å². The molecule has 15 nitrogen and oxygen atoms in total. The van der Waals surface area contributed by atoms with Crippen LogP contribution in [0, 0.1) is 0 Å². The number of rotatable bonds is 24. The lowest BCUT2D eigenvalue weighted by Gasteiger charge is -2.18. The Morgan fingerprint density at radius 1 is 0.556 bits per heavy atom. The molecule has 0 amide bonds. The molecule has 0 spiro atoms. The first-order valence-electron chi connectivity index (χ1n) is 11.5. The Morgan fingerprint density at radius 3 is 1.03 bits per heavy atom. The lowest BCUT2D eigenvalue weighted by atomic mass is 10.4. The summed E-state index contributed by atoms with van der Waals surface area (Å²) < 4.78 is 98.9. The first kappa shape index (κ1) is 36.6. The number of unbranched alkanes of at least 4 members (excludes halogenated alkanes) is 4. The van der Waals surface area contributed by atoms with Crippen LogP contribution in [-0.2, 0) is 58.2 Å². The summed E-state index contributed by atoms with van der Waals surface area (Å²) in [5, 5.41) is 0. The molecule has 2 unspecified atom stereocenters. The van der Waals surface area contributed by atoms with E-state index in [-0.39, 0.29) is 26.4 Å². The van der Waals surface area contributed by atoms with Crippen LogP contribution >= 0.6 is 39.5 Å². The van der Waals surface area contributed by atoms with Gasteiger partial charge in [-0.1, -0.05) is 53.4 Å². The molecule has 0 bridgehead atoms. The number of hydrogen-bond donors (Lipinski definition) is 2. The molecule has 0 aliphatic rings. The van der Waals surface area contributed by atoms with E-state index < -0.39 is 39.5 Å². The van der Waals surface area contributed by atoms with Gasteiger partial charge in [0.25, 0.3) is 0 Å². The second kappa shape index (κ2) is 18.8. The Hall–Kier alpha value is 0.620. The third kappa shape index (κ3) is 18.0. The van der Waals surface area contributed by atoms with Crippen molar-refractivity contribution in [3.8, 4) is 0 Å². The van der Waals surface area contributed by atoms with Crippen LogP contribution in [0.1, 0.15) is 79.1 Å². The van der Waals surface area contributed by atoms with Crippen LogP contribution in [0.5, 0.6) is 0 Å². The van der Waals surface area contributed by atoms with Gasteiger partial charge in [-0.25, -0.2) is 18.3 Å². The number of hydrogen-bond acceptors (Lipinski definition) is 13. The van der Waals surface area contributed by atoms with Gasteiger partial charge in [-0.15, -0.1) is 0 Å². The van der Waals surface area contributed by atoms with Gasteiger partial charge in [-0.2, -0.15) is 8.62 Å². The summed E-state index contributed by atoms with van der Waals surface area (Å²) in [5.74, 6) is 0. The molecule has 0 aromatic carbocycles. The normalized spacial score (nSPS) is 16.4. The molecule has 2 atom stereocenters. The molecule has 0 aromatic rings. The minimum Gasteiger partial charge on any atom is -0.300 e. The van der Waals surface area contributed by atoms with Crippen molar-refractivity contribution in [3.63, 3.8) is 0 Å². The van der Waals surface area contributed by atoms with Crippen LogP contribution in [0.4, 0.5) is 0 Å². The van der Waals surface area contributed by atoms with Crippen LogP contribution in [-0.4, -0.2) is 36.2 Å². The Balaban J connectivity index is 5.26. The van der Waals surface area contributed by atoms with Crippen molar-refractivity contribution in [3.05, 3.63) is 0 Å². The lowest BCUT2D eigenvalue weighted by molar-refractivity contribution is 0.136. The minimum absolute atomic E-state index is 0.145. The third-order valence-corrected chi connectivity index (χ3v) is 11.7. The highest BCUT2D eigenvalue weighted by Crippen LogP contribution is 2.70. The summed E-state index contributed by atoms with van der Waals surface area (Å²) >= 11 is 0. The number of phosphoric ester groups is 2. The summed E-state index contributed by atoms with van der Waals surface area (Å²) in [7, 11) is -24.2. The minimum atomic E-state index is -5.49. The van der Waals surface area contributed by atoms with Gasteiger partial charge in [0, 0.05) is 4.57 Å². The monoisotopic (exact) mass is 625 g/mol. The van der Waals surface area contributed by atoms with Gasteiger partial charge < -0.3 is 0 Å². The van der Waals surface area contributed by atoms with Crippen molar-refractivity contribution in [1.29, 1.82) is 0 Å². The molecule has 0 aromatic heterocycles. The van der Waals surface area contributed by atoms with E-state index in [2.05, 4.69) is 17.2 Å². The molecule has 0 fully saturated rings. The fourth-order valence-corrected chi connectivity index (χ4v) is 8.76. The number of phosphoric acid groups is 4. The quantitative estimate of drug-likeness (QED) is 0.0793. The molecule has 216 valence electrons. The van der Waals surface area contributed by atoms with Gasteiger partial charge in [0.15, 0.2) is 0 Å². The Kier molecular flexibility index (Phi) is 19.2. The SMILES string of the molecule is CCCCOP(=O)(OCCCC)OP(=O)(O)O[P+](=O)OP(=O)(O)OP(=O)(OCCCC)OCCCC. The fraction of sp³-hybridized carbons (Fsp3) is 1.00. The second-order valence-corrected chi connectivity index (χ2v) is 14.9. The maximum absolute atomic E-state index is 12.7. The molecule has 36 heavy (non-hydrogen) atoms. The van der Waals surface area contributed by atoms with Crippen molar-refractivity contribution >= 4 is 39.5 Å². The molecule has 0 rings (SSSR count). The average Bonchev–Trinajstić information content (AvgIpc) is 2.72. The maximum atomic E-state index is 12.7. The van der Waals surface area contributed by atoms with E-state index in [0.717, 1.165) is 0 Å². The summed E-state index contributed by atoms with van der Waals surface area (Å²) in [6, 6.07) is 0. The van der Waals surface area contributed by atoms with E-state index >= 15 is 0 Å². The van der Waals surface area contributed by atoms with Gasteiger partial charge in [0.1, 0.15) is 0 Å². The van der Waals surface area contributed by atoms with E-state index in [9.17, 15) is 32.6 Å². The zero-order chi connectivity index (χ0) is 27.7. The Labute approximate surface area is 213 Å². The molecule has 0 aliphatic carbocycles. The largest absolute Gasteiger partial charge is 0.719 e. The van der Waals surface area contributed by atoms with Crippen LogP contribution in [0.15, 0.2) is 0 Å². The van der Waals surface area contributed by atoms with E-state index in [1.807, 2.05) is 27.7 Å². The summed E-state index contributed by atoms with van der Waals surface area (Å²) in [4.78, 5) is 19.7. The lowest BCUT2D eigenvalue weighted by Crippen LogP contribution is -2.03. The van der Waals surface area contributed by atoms with Gasteiger partial charge >= 0.3 is 39.5 Å². The van der Waals surface area contributed by atoms with Gasteiger partial charge in [-0.05, 0) is 34.3 Å². The highest BCUT2D eigenvalue weighted by Gasteiger charge is 2.51. The predicted octanol–water partition coefficient (Wildman–Crippen LogP) is 7.39. The first-order valence-corrected chi connectivity index (χ1v) is 18.5. The molecule has 20 heteroatoms. The zero-order valence-electron chi connectivity index (χ0n) is 20.9. The maximum Gasteiger partial charge on any atom is 0.719 e. The smallest absolute Gasteiger partial charge is 0.300 e. The van der Waals surface area contributed by atoms with Crippen molar-refractivity contribution in [2.45, 2.75) is 79.1 Å². The molecule has 0 radical (unpaired) electrons. The second-order valence-electron chi connectivity index (χ2n) is 7.13. The van der Waals surface area contributed by atoms with E-state index in [0.29, 0.717) is 51.4 Å². The van der Waals surface area contributed by atoms with Gasteiger partial charge in [0.05, 0.1) is 26.4 Å². The molecule has 0 saturated heterocycles. The van der Waals surface area contributed by atoms with E-state index in [4.69, 9.17) is 18.1 Å². The Bertz CT molecular complexity index is 730. The average molecular weight is 625 g/mol. The van der Waals surface area contributed by atoms with Crippen molar-refractivity contribution in [2.24, 2.45) is 0 Å². The zero-order valence-corrected chi connectivity index (χ0v) is 25.4. The topological polar surface area (TPSA) is 200 Å². The first-order chi connectivity index (χ1) is 16.8. The van der Waals surface area contributed by atoms with Crippen LogP contribution in [0.2, 0.25) is 0 Å². The van der Waals surface area contributed by atoms with Crippen molar-refractivity contribution in [1.82, 2.24) is 0 Å². The summed E-state index contributed by atoms with van der Waals surface area (Å²) in [5.41, 5.74) is 0.